The summed E-state index contributed by atoms with van der Waals surface area (Å²) in [6.07, 6.45) is 2.65. The molecule has 3 heteroatoms. The highest BCUT2D eigenvalue weighted by molar-refractivity contribution is 5.68. The van der Waals surface area contributed by atoms with E-state index in [4.69, 9.17) is 15.2 Å². The number of hydrogen-bond donors (Lipinski definition) is 0. The second kappa shape index (κ2) is 6.86. The molecule has 0 atom stereocenters. The van der Waals surface area contributed by atoms with Crippen LogP contribution >= 0.6 is 0 Å². The SMILES string of the molecule is CCc1nc(-c2ccc(C#N)cc2C)cnc1-c1cc(C)cc(C)c1. The van der Waals surface area contributed by atoms with Gasteiger partial charge in [-0.25, -0.2) is 4.98 Å². The summed E-state index contributed by atoms with van der Waals surface area (Å²) in [7, 11) is 0. The van der Waals surface area contributed by atoms with Crippen molar-refractivity contribution in [2.75, 3.05) is 0 Å². The van der Waals surface area contributed by atoms with Crippen LogP contribution in [0.25, 0.3) is 22.5 Å². The number of aromatic nitrogens is 2. The van der Waals surface area contributed by atoms with E-state index in [2.05, 4.69) is 45.0 Å². The predicted octanol–water partition coefficient (Wildman–Crippen LogP) is 5.17. The van der Waals surface area contributed by atoms with Crippen LogP contribution in [0.5, 0.6) is 0 Å². The van der Waals surface area contributed by atoms with E-state index in [1.165, 1.54) is 11.1 Å². The first kappa shape index (κ1) is 16.9. The largest absolute Gasteiger partial charge is 0.252 e. The van der Waals surface area contributed by atoms with Crippen LogP contribution in [-0.4, -0.2) is 9.97 Å². The van der Waals surface area contributed by atoms with Gasteiger partial charge >= 0.3 is 0 Å². The molecule has 3 nitrogen and oxygen atoms in total. The van der Waals surface area contributed by atoms with Gasteiger partial charge in [-0.1, -0.05) is 30.2 Å². The lowest BCUT2D eigenvalue weighted by molar-refractivity contribution is 1.01. The maximum absolute atomic E-state index is 9.03. The molecule has 0 saturated heterocycles. The van der Waals surface area contributed by atoms with Crippen LogP contribution in [0, 0.1) is 32.1 Å². The number of rotatable bonds is 3. The maximum atomic E-state index is 9.03. The van der Waals surface area contributed by atoms with Crippen LogP contribution in [-0.2, 0) is 6.42 Å². The zero-order valence-electron chi connectivity index (χ0n) is 15.1. The molecule has 25 heavy (non-hydrogen) atoms. The van der Waals surface area contributed by atoms with E-state index in [1.54, 1.807) is 0 Å². The summed E-state index contributed by atoms with van der Waals surface area (Å²) in [6, 6.07) is 14.3. The summed E-state index contributed by atoms with van der Waals surface area (Å²) in [5, 5.41) is 9.03. The third-order valence-corrected chi connectivity index (χ3v) is 4.31. The summed E-state index contributed by atoms with van der Waals surface area (Å²) < 4.78 is 0. The fourth-order valence-electron chi connectivity index (χ4n) is 3.18. The van der Waals surface area contributed by atoms with Gasteiger partial charge in [0.2, 0.25) is 0 Å². The van der Waals surface area contributed by atoms with Gasteiger partial charge < -0.3 is 0 Å². The lowest BCUT2D eigenvalue weighted by Crippen LogP contribution is -2.00. The molecule has 124 valence electrons. The Morgan fingerprint density at radius 3 is 2.32 bits per heavy atom. The molecule has 0 unspecified atom stereocenters. The first-order valence-corrected chi connectivity index (χ1v) is 8.47. The summed E-state index contributed by atoms with van der Waals surface area (Å²) in [6.45, 7) is 8.31. The monoisotopic (exact) mass is 327 g/mol. The van der Waals surface area contributed by atoms with Crippen LogP contribution < -0.4 is 0 Å². The minimum atomic E-state index is 0.664. The average Bonchev–Trinajstić information content (AvgIpc) is 2.60. The Balaban J connectivity index is 2.10. The third-order valence-electron chi connectivity index (χ3n) is 4.31. The molecule has 0 N–H and O–H groups in total. The fraction of sp³-hybridized carbons (Fsp3) is 0.227. The van der Waals surface area contributed by atoms with Crippen LogP contribution in [0.15, 0.2) is 42.6 Å². The van der Waals surface area contributed by atoms with Gasteiger partial charge in [-0.3, -0.25) is 4.98 Å². The highest BCUT2D eigenvalue weighted by atomic mass is 14.8. The molecule has 1 heterocycles. The average molecular weight is 327 g/mol. The first-order chi connectivity index (χ1) is 12.0. The second-order valence-electron chi connectivity index (χ2n) is 6.42. The normalized spacial score (nSPS) is 10.5. The highest BCUT2D eigenvalue weighted by Gasteiger charge is 2.12. The Hall–Kier alpha value is -2.99. The number of aryl methyl sites for hydroxylation is 4. The van der Waals surface area contributed by atoms with E-state index in [9.17, 15) is 0 Å². The van der Waals surface area contributed by atoms with Gasteiger partial charge in [-0.15, -0.1) is 0 Å². The standard InChI is InChI=1S/C22H21N3/c1-5-20-22(18-9-14(2)8-15(3)10-18)24-13-21(25-20)19-7-6-17(12-23)11-16(19)4/h6-11,13H,5H2,1-4H3. The van der Waals surface area contributed by atoms with Crippen LogP contribution in [0.3, 0.4) is 0 Å². The molecule has 1 aromatic heterocycles. The number of nitriles is 1. The molecule has 3 aromatic rings. The van der Waals surface area contributed by atoms with Gasteiger partial charge in [0.15, 0.2) is 0 Å². The third kappa shape index (κ3) is 3.44. The van der Waals surface area contributed by atoms with Crippen molar-refractivity contribution in [3.8, 4) is 28.6 Å². The molecule has 0 spiro atoms. The van der Waals surface area contributed by atoms with Gasteiger partial charge in [0.05, 0.1) is 34.9 Å². The van der Waals surface area contributed by atoms with Crippen LogP contribution in [0.2, 0.25) is 0 Å². The quantitative estimate of drug-likeness (QED) is 0.667. The van der Waals surface area contributed by atoms with Gasteiger partial charge in [0.1, 0.15) is 0 Å². The number of nitrogens with zero attached hydrogens (tertiary/aromatic N) is 3. The Bertz CT molecular complexity index is 961. The Labute approximate surface area is 149 Å². The van der Waals surface area contributed by atoms with E-state index in [0.717, 1.165) is 40.2 Å². The minimum Gasteiger partial charge on any atom is -0.252 e. The zero-order chi connectivity index (χ0) is 18.0. The van der Waals surface area contributed by atoms with Crippen molar-refractivity contribution in [1.29, 1.82) is 5.26 Å². The second-order valence-corrected chi connectivity index (χ2v) is 6.42. The summed E-state index contributed by atoms with van der Waals surface area (Å²) in [4.78, 5) is 9.60. The van der Waals surface area contributed by atoms with Gasteiger partial charge in [-0.2, -0.15) is 5.26 Å². The van der Waals surface area contributed by atoms with E-state index < -0.39 is 0 Å². The summed E-state index contributed by atoms with van der Waals surface area (Å²) >= 11 is 0. The van der Waals surface area contributed by atoms with E-state index in [1.807, 2.05) is 31.3 Å². The highest BCUT2D eigenvalue weighted by Crippen LogP contribution is 2.27. The first-order valence-electron chi connectivity index (χ1n) is 8.47. The van der Waals surface area contributed by atoms with Crippen LogP contribution in [0.1, 0.15) is 34.9 Å². The fourth-order valence-corrected chi connectivity index (χ4v) is 3.18. The van der Waals surface area contributed by atoms with Crippen molar-refractivity contribution in [2.45, 2.75) is 34.1 Å². The number of benzene rings is 2. The molecule has 3 rings (SSSR count). The lowest BCUT2D eigenvalue weighted by Gasteiger charge is -2.12. The summed E-state index contributed by atoms with van der Waals surface area (Å²) in [5.41, 5.74) is 9.09. The van der Waals surface area contributed by atoms with Gasteiger partial charge in [0.25, 0.3) is 0 Å². The van der Waals surface area contributed by atoms with Gasteiger partial charge in [0, 0.05) is 11.1 Å². The van der Waals surface area contributed by atoms with E-state index >= 15 is 0 Å². The molecule has 0 radical (unpaired) electrons. The molecule has 2 aromatic carbocycles. The Kier molecular flexibility index (Phi) is 4.63. The van der Waals surface area contributed by atoms with Crippen molar-refractivity contribution in [1.82, 2.24) is 9.97 Å². The molecule has 0 aliphatic heterocycles. The zero-order valence-corrected chi connectivity index (χ0v) is 15.1. The molecule has 0 aliphatic carbocycles. The van der Waals surface area contributed by atoms with Crippen LogP contribution in [0.4, 0.5) is 0 Å². The minimum absolute atomic E-state index is 0.664. The van der Waals surface area contributed by atoms with Crippen molar-refractivity contribution in [3.05, 3.63) is 70.5 Å². The molecular formula is C22H21N3. The lowest BCUT2D eigenvalue weighted by atomic mass is 10.0. The Morgan fingerprint density at radius 2 is 1.72 bits per heavy atom. The summed E-state index contributed by atoms with van der Waals surface area (Å²) in [5.74, 6) is 0. The van der Waals surface area contributed by atoms with Gasteiger partial charge in [-0.05, 0) is 57.0 Å². The van der Waals surface area contributed by atoms with Crippen molar-refractivity contribution in [2.24, 2.45) is 0 Å². The molecule has 0 saturated carbocycles. The van der Waals surface area contributed by atoms with E-state index in [-0.39, 0.29) is 0 Å². The van der Waals surface area contributed by atoms with E-state index in [0.29, 0.717) is 5.56 Å². The van der Waals surface area contributed by atoms with Crippen molar-refractivity contribution in [3.63, 3.8) is 0 Å². The molecule has 0 amide bonds. The predicted molar refractivity (Wildman–Crippen MR) is 101 cm³/mol. The topological polar surface area (TPSA) is 49.6 Å². The molecular weight excluding hydrogens is 306 g/mol. The molecule has 0 fully saturated rings. The van der Waals surface area contributed by atoms with Crippen molar-refractivity contribution < 1.29 is 0 Å². The molecule has 0 bridgehead atoms. The Morgan fingerprint density at radius 1 is 1.00 bits per heavy atom. The number of hydrogen-bond acceptors (Lipinski definition) is 3. The smallest absolute Gasteiger partial charge is 0.0991 e. The van der Waals surface area contributed by atoms with Crippen molar-refractivity contribution >= 4 is 0 Å². The maximum Gasteiger partial charge on any atom is 0.0991 e. The molecule has 0 aliphatic rings.